The van der Waals surface area contributed by atoms with Gasteiger partial charge >= 0.3 is 0 Å². The molecule has 2 amide bonds. The summed E-state index contributed by atoms with van der Waals surface area (Å²) in [5.74, 6) is -0.0677. The van der Waals surface area contributed by atoms with E-state index in [9.17, 15) is 9.59 Å². The Morgan fingerprint density at radius 3 is 2.62 bits per heavy atom. The van der Waals surface area contributed by atoms with Crippen molar-refractivity contribution in [1.29, 1.82) is 0 Å². The lowest BCUT2D eigenvalue weighted by molar-refractivity contribution is -0.119. The summed E-state index contributed by atoms with van der Waals surface area (Å²) < 4.78 is 0. The summed E-state index contributed by atoms with van der Waals surface area (Å²) in [7, 11) is 0. The Labute approximate surface area is 125 Å². The minimum Gasteiger partial charge on any atom is -0.339 e. The zero-order valence-electron chi connectivity index (χ0n) is 12.7. The largest absolute Gasteiger partial charge is 0.339 e. The van der Waals surface area contributed by atoms with E-state index < -0.39 is 0 Å². The van der Waals surface area contributed by atoms with Crippen molar-refractivity contribution in [2.24, 2.45) is 5.92 Å². The molecule has 2 N–H and O–H groups in total. The van der Waals surface area contributed by atoms with Gasteiger partial charge in [0, 0.05) is 19.6 Å². The Hall–Kier alpha value is -1.88. The zero-order chi connectivity index (χ0) is 15.2. The molecule has 1 aromatic rings. The maximum Gasteiger partial charge on any atom is 0.255 e. The standard InChI is InChI=1S/C16H23N3O2/c1-3-19(4-2)16(21)13-7-5-6-8-14(13)18-15(20)12-9-10-17-11-12/h5-8,12,17H,3-4,9-11H2,1-2H3,(H,18,20). The van der Waals surface area contributed by atoms with Crippen LogP contribution in [0.25, 0.3) is 0 Å². The first kappa shape index (κ1) is 15.5. The normalized spacial score (nSPS) is 17.5. The number of carbonyl (C=O) groups is 2. The minimum atomic E-state index is -0.0413. The molecule has 21 heavy (non-hydrogen) atoms. The van der Waals surface area contributed by atoms with Gasteiger partial charge in [-0.2, -0.15) is 0 Å². The summed E-state index contributed by atoms with van der Waals surface area (Å²) in [4.78, 5) is 26.5. The molecule has 1 aromatic carbocycles. The van der Waals surface area contributed by atoms with Crippen molar-refractivity contribution in [2.45, 2.75) is 20.3 Å². The molecule has 1 aliphatic heterocycles. The number of benzene rings is 1. The molecule has 0 aromatic heterocycles. The molecule has 5 heteroatoms. The van der Waals surface area contributed by atoms with E-state index in [4.69, 9.17) is 0 Å². The number of rotatable bonds is 5. The summed E-state index contributed by atoms with van der Waals surface area (Å²) in [6.07, 6.45) is 0.845. The van der Waals surface area contributed by atoms with Crippen LogP contribution >= 0.6 is 0 Å². The molecule has 0 radical (unpaired) electrons. The van der Waals surface area contributed by atoms with Crippen LogP contribution in [0.4, 0.5) is 5.69 Å². The molecular weight excluding hydrogens is 266 g/mol. The summed E-state index contributed by atoms with van der Waals surface area (Å²) in [5, 5.41) is 6.09. The fourth-order valence-corrected chi connectivity index (χ4v) is 2.57. The first-order chi connectivity index (χ1) is 10.2. The average Bonchev–Trinajstić information content (AvgIpc) is 3.03. The van der Waals surface area contributed by atoms with Crippen LogP contribution in [0.5, 0.6) is 0 Å². The van der Waals surface area contributed by atoms with E-state index in [0.29, 0.717) is 30.9 Å². The molecule has 1 saturated heterocycles. The summed E-state index contributed by atoms with van der Waals surface area (Å²) in [6.45, 7) is 6.80. The van der Waals surface area contributed by atoms with Crippen LogP contribution in [0, 0.1) is 5.92 Å². The molecule has 1 atom stereocenters. The lowest BCUT2D eigenvalue weighted by Gasteiger charge is -2.21. The van der Waals surface area contributed by atoms with Gasteiger partial charge in [-0.3, -0.25) is 9.59 Å². The van der Waals surface area contributed by atoms with Crippen LogP contribution in [0.3, 0.4) is 0 Å². The van der Waals surface area contributed by atoms with Gasteiger partial charge in [-0.25, -0.2) is 0 Å². The van der Waals surface area contributed by atoms with Crippen molar-refractivity contribution < 1.29 is 9.59 Å². The predicted molar refractivity (Wildman–Crippen MR) is 83.3 cm³/mol. The first-order valence-corrected chi connectivity index (χ1v) is 7.57. The number of para-hydroxylation sites is 1. The first-order valence-electron chi connectivity index (χ1n) is 7.57. The second-order valence-corrected chi connectivity index (χ2v) is 5.20. The van der Waals surface area contributed by atoms with E-state index in [1.54, 1.807) is 17.0 Å². The predicted octanol–water partition coefficient (Wildman–Crippen LogP) is 1.72. The fourth-order valence-electron chi connectivity index (χ4n) is 2.57. The smallest absolute Gasteiger partial charge is 0.255 e. The number of amides is 2. The molecule has 5 nitrogen and oxygen atoms in total. The highest BCUT2D eigenvalue weighted by Crippen LogP contribution is 2.19. The third-order valence-corrected chi connectivity index (χ3v) is 3.90. The van der Waals surface area contributed by atoms with Crippen molar-refractivity contribution in [3.8, 4) is 0 Å². The molecule has 0 bridgehead atoms. The number of carbonyl (C=O) groups excluding carboxylic acids is 2. The van der Waals surface area contributed by atoms with Crippen LogP contribution < -0.4 is 10.6 Å². The van der Waals surface area contributed by atoms with Crippen molar-refractivity contribution in [2.75, 3.05) is 31.5 Å². The Morgan fingerprint density at radius 2 is 2.00 bits per heavy atom. The lowest BCUT2D eigenvalue weighted by atomic mass is 10.1. The number of anilines is 1. The third-order valence-electron chi connectivity index (χ3n) is 3.90. The highest BCUT2D eigenvalue weighted by molar-refractivity contribution is 6.04. The van der Waals surface area contributed by atoms with Gasteiger partial charge in [-0.15, -0.1) is 0 Å². The molecule has 1 heterocycles. The fraction of sp³-hybridized carbons (Fsp3) is 0.500. The van der Waals surface area contributed by atoms with Crippen LogP contribution in [-0.2, 0) is 4.79 Å². The van der Waals surface area contributed by atoms with Gasteiger partial charge in [0.05, 0.1) is 17.2 Å². The number of hydrogen-bond donors (Lipinski definition) is 2. The Morgan fingerprint density at radius 1 is 1.29 bits per heavy atom. The van der Waals surface area contributed by atoms with Crippen molar-refractivity contribution in [1.82, 2.24) is 10.2 Å². The average molecular weight is 289 g/mol. The molecule has 1 fully saturated rings. The molecule has 0 aliphatic carbocycles. The highest BCUT2D eigenvalue weighted by Gasteiger charge is 2.24. The van der Waals surface area contributed by atoms with Gasteiger partial charge in [0.1, 0.15) is 0 Å². The van der Waals surface area contributed by atoms with Gasteiger partial charge in [0.15, 0.2) is 0 Å². The minimum absolute atomic E-state index is 0.0124. The topological polar surface area (TPSA) is 61.4 Å². The summed E-state index contributed by atoms with van der Waals surface area (Å²) >= 11 is 0. The van der Waals surface area contributed by atoms with E-state index in [2.05, 4.69) is 10.6 Å². The van der Waals surface area contributed by atoms with E-state index in [-0.39, 0.29) is 17.7 Å². The Kier molecular flexibility index (Phi) is 5.33. The maximum absolute atomic E-state index is 12.5. The van der Waals surface area contributed by atoms with Gasteiger partial charge in [0.25, 0.3) is 5.91 Å². The number of hydrogen-bond acceptors (Lipinski definition) is 3. The van der Waals surface area contributed by atoms with Crippen molar-refractivity contribution in [3.05, 3.63) is 29.8 Å². The molecule has 114 valence electrons. The lowest BCUT2D eigenvalue weighted by Crippen LogP contribution is -2.32. The van der Waals surface area contributed by atoms with Gasteiger partial charge in [-0.1, -0.05) is 12.1 Å². The summed E-state index contributed by atoms with van der Waals surface area (Å²) in [6, 6.07) is 7.21. The van der Waals surface area contributed by atoms with Gasteiger partial charge < -0.3 is 15.5 Å². The van der Waals surface area contributed by atoms with Crippen LogP contribution in [0.15, 0.2) is 24.3 Å². The van der Waals surface area contributed by atoms with E-state index in [1.807, 2.05) is 26.0 Å². The Balaban J connectivity index is 2.16. The third kappa shape index (κ3) is 3.61. The van der Waals surface area contributed by atoms with Crippen LogP contribution in [0.2, 0.25) is 0 Å². The molecule has 0 saturated carbocycles. The van der Waals surface area contributed by atoms with Gasteiger partial charge in [-0.05, 0) is 38.9 Å². The molecule has 1 unspecified atom stereocenters. The highest BCUT2D eigenvalue weighted by atomic mass is 16.2. The van der Waals surface area contributed by atoms with E-state index in [1.165, 1.54) is 0 Å². The van der Waals surface area contributed by atoms with E-state index in [0.717, 1.165) is 13.0 Å². The Bertz CT molecular complexity index is 506. The van der Waals surface area contributed by atoms with Crippen molar-refractivity contribution in [3.63, 3.8) is 0 Å². The molecular formula is C16H23N3O2. The second-order valence-electron chi connectivity index (χ2n) is 5.20. The molecule has 1 aliphatic rings. The van der Waals surface area contributed by atoms with Gasteiger partial charge in [0.2, 0.25) is 5.91 Å². The van der Waals surface area contributed by atoms with Crippen molar-refractivity contribution >= 4 is 17.5 Å². The number of nitrogens with zero attached hydrogens (tertiary/aromatic N) is 1. The molecule has 2 rings (SSSR count). The summed E-state index contributed by atoms with van der Waals surface area (Å²) in [5.41, 5.74) is 1.16. The van der Waals surface area contributed by atoms with Crippen LogP contribution in [-0.4, -0.2) is 42.9 Å². The monoisotopic (exact) mass is 289 g/mol. The second kappa shape index (κ2) is 7.22. The SMILES string of the molecule is CCN(CC)C(=O)c1ccccc1NC(=O)C1CCNC1. The molecule has 0 spiro atoms. The zero-order valence-corrected chi connectivity index (χ0v) is 12.7. The number of nitrogens with one attached hydrogen (secondary N) is 2. The quantitative estimate of drug-likeness (QED) is 0.867. The van der Waals surface area contributed by atoms with Crippen LogP contribution in [0.1, 0.15) is 30.6 Å². The maximum atomic E-state index is 12.5. The van der Waals surface area contributed by atoms with E-state index >= 15 is 0 Å².